The minimum Gasteiger partial charge on any atom is -0.399 e. The largest absolute Gasteiger partial charge is 0.399 e. The minimum atomic E-state index is -0.221. The smallest absolute Gasteiger partial charge is 0.252 e. The zero-order valence-electron chi connectivity index (χ0n) is 10.2. The van der Waals surface area contributed by atoms with E-state index in [1.165, 1.54) is 6.07 Å². The van der Waals surface area contributed by atoms with E-state index in [-0.39, 0.29) is 17.3 Å². The molecule has 5 N–H and O–H groups in total. The molecule has 2 aromatic rings. The molecule has 0 fully saturated rings. The number of H-pyrrole nitrogens is 1. The molecule has 1 atom stereocenters. The molecule has 0 saturated carbocycles. The molecule has 94 valence electrons. The van der Waals surface area contributed by atoms with Gasteiger partial charge >= 0.3 is 0 Å². The van der Waals surface area contributed by atoms with Crippen LogP contribution in [0.1, 0.15) is 24.2 Å². The quantitative estimate of drug-likeness (QED) is 0.708. The Hall–Kier alpha value is -2.30. The maximum Gasteiger partial charge on any atom is 0.252 e. The first-order valence-corrected chi connectivity index (χ1v) is 5.76. The van der Waals surface area contributed by atoms with Gasteiger partial charge in [-0.05, 0) is 24.1 Å². The molecule has 5 nitrogen and oxygen atoms in total. The predicted octanol–water partition coefficient (Wildman–Crippen LogP) is 1.28. The third-order valence-electron chi connectivity index (χ3n) is 2.77. The molecule has 0 spiro atoms. The average molecular weight is 244 g/mol. The predicted molar refractivity (Wildman–Crippen MR) is 72.2 cm³/mol. The molecule has 0 aliphatic heterocycles. The van der Waals surface area contributed by atoms with Crippen LogP contribution in [-0.4, -0.2) is 9.97 Å². The number of hydrogen-bond donors (Lipinski definition) is 3. The summed E-state index contributed by atoms with van der Waals surface area (Å²) < 4.78 is 0. The summed E-state index contributed by atoms with van der Waals surface area (Å²) in [4.78, 5) is 18.2. The van der Waals surface area contributed by atoms with Crippen LogP contribution in [0.4, 0.5) is 11.5 Å². The van der Waals surface area contributed by atoms with Crippen LogP contribution in [0.2, 0.25) is 0 Å². The van der Waals surface area contributed by atoms with E-state index in [0.29, 0.717) is 5.82 Å². The molecule has 2 rings (SSSR count). The van der Waals surface area contributed by atoms with Crippen molar-refractivity contribution in [2.24, 2.45) is 0 Å². The molecule has 1 aromatic heterocycles. The standard InChI is InChI=1S/C13H16N4O/c1-8(6-9-2-4-10(14)5-3-9)13-16-11(15)7-12(18)17-13/h2-5,7-8H,6,14H2,1H3,(H3,15,16,17,18). The van der Waals surface area contributed by atoms with Crippen molar-refractivity contribution in [2.75, 3.05) is 11.5 Å². The highest BCUT2D eigenvalue weighted by Crippen LogP contribution is 2.17. The van der Waals surface area contributed by atoms with Crippen LogP contribution < -0.4 is 17.0 Å². The Bertz CT molecular complexity index is 589. The van der Waals surface area contributed by atoms with Crippen LogP contribution in [0.15, 0.2) is 35.1 Å². The summed E-state index contributed by atoms with van der Waals surface area (Å²) in [6, 6.07) is 8.93. The normalized spacial score (nSPS) is 12.3. The van der Waals surface area contributed by atoms with Gasteiger partial charge in [-0.1, -0.05) is 19.1 Å². The Morgan fingerprint density at radius 3 is 2.56 bits per heavy atom. The van der Waals surface area contributed by atoms with Gasteiger partial charge in [-0.25, -0.2) is 4.98 Å². The lowest BCUT2D eigenvalue weighted by Crippen LogP contribution is -2.15. The Morgan fingerprint density at radius 1 is 1.28 bits per heavy atom. The van der Waals surface area contributed by atoms with Gasteiger partial charge < -0.3 is 16.5 Å². The van der Waals surface area contributed by atoms with E-state index in [1.807, 2.05) is 31.2 Å². The Balaban J connectivity index is 2.18. The molecule has 0 aliphatic carbocycles. The summed E-state index contributed by atoms with van der Waals surface area (Å²) in [5.41, 5.74) is 12.9. The van der Waals surface area contributed by atoms with E-state index in [0.717, 1.165) is 17.7 Å². The zero-order chi connectivity index (χ0) is 13.1. The van der Waals surface area contributed by atoms with E-state index in [2.05, 4.69) is 9.97 Å². The number of aromatic amines is 1. The Labute approximate surface area is 105 Å². The van der Waals surface area contributed by atoms with Gasteiger partial charge in [-0.15, -0.1) is 0 Å². The zero-order valence-corrected chi connectivity index (χ0v) is 10.2. The van der Waals surface area contributed by atoms with Gasteiger partial charge in [0.2, 0.25) is 0 Å². The molecule has 0 saturated heterocycles. The van der Waals surface area contributed by atoms with Crippen LogP contribution in [0.3, 0.4) is 0 Å². The fourth-order valence-corrected chi connectivity index (χ4v) is 1.83. The number of nitrogens with zero attached hydrogens (tertiary/aromatic N) is 1. The van der Waals surface area contributed by atoms with Gasteiger partial charge in [0.1, 0.15) is 11.6 Å². The molecule has 18 heavy (non-hydrogen) atoms. The first-order chi connectivity index (χ1) is 8.54. The van der Waals surface area contributed by atoms with E-state index < -0.39 is 0 Å². The van der Waals surface area contributed by atoms with Gasteiger partial charge in [-0.2, -0.15) is 0 Å². The number of nitrogens with one attached hydrogen (secondary N) is 1. The highest BCUT2D eigenvalue weighted by Gasteiger charge is 2.10. The van der Waals surface area contributed by atoms with Crippen molar-refractivity contribution in [3.05, 3.63) is 52.1 Å². The lowest BCUT2D eigenvalue weighted by atomic mass is 10.0. The topological polar surface area (TPSA) is 97.8 Å². The molecule has 1 unspecified atom stereocenters. The Morgan fingerprint density at radius 2 is 1.94 bits per heavy atom. The highest BCUT2D eigenvalue weighted by molar-refractivity contribution is 5.39. The first kappa shape index (κ1) is 12.2. The van der Waals surface area contributed by atoms with Crippen molar-refractivity contribution in [3.8, 4) is 0 Å². The number of anilines is 2. The van der Waals surface area contributed by atoms with Crippen molar-refractivity contribution in [3.63, 3.8) is 0 Å². The summed E-state index contributed by atoms with van der Waals surface area (Å²) in [7, 11) is 0. The van der Waals surface area contributed by atoms with E-state index in [4.69, 9.17) is 11.5 Å². The fourth-order valence-electron chi connectivity index (χ4n) is 1.83. The molecular formula is C13H16N4O. The molecule has 1 heterocycles. The summed E-state index contributed by atoms with van der Waals surface area (Å²) in [5, 5.41) is 0. The summed E-state index contributed by atoms with van der Waals surface area (Å²) in [6.07, 6.45) is 0.771. The van der Waals surface area contributed by atoms with Crippen molar-refractivity contribution in [1.82, 2.24) is 9.97 Å². The molecule has 0 bridgehead atoms. The Kier molecular flexibility index (Phi) is 3.32. The molecule has 0 amide bonds. The van der Waals surface area contributed by atoms with Crippen LogP contribution in [0.25, 0.3) is 0 Å². The van der Waals surface area contributed by atoms with Crippen molar-refractivity contribution < 1.29 is 0 Å². The number of aromatic nitrogens is 2. The number of rotatable bonds is 3. The van der Waals surface area contributed by atoms with Crippen molar-refractivity contribution >= 4 is 11.5 Å². The maximum absolute atomic E-state index is 11.3. The van der Waals surface area contributed by atoms with Gasteiger partial charge in [-0.3, -0.25) is 4.79 Å². The number of nitrogen functional groups attached to an aromatic ring is 2. The number of hydrogen-bond acceptors (Lipinski definition) is 4. The number of nitrogens with two attached hydrogens (primary N) is 2. The van der Waals surface area contributed by atoms with Crippen LogP contribution in [0, 0.1) is 0 Å². The van der Waals surface area contributed by atoms with Gasteiger partial charge in [0, 0.05) is 17.7 Å². The summed E-state index contributed by atoms with van der Waals surface area (Å²) in [5.74, 6) is 0.944. The van der Waals surface area contributed by atoms with Gasteiger partial charge in [0.05, 0.1) is 0 Å². The SMILES string of the molecule is CC(Cc1ccc(N)cc1)c1nc(N)cc(=O)[nH]1. The van der Waals surface area contributed by atoms with E-state index in [1.54, 1.807) is 0 Å². The maximum atomic E-state index is 11.3. The van der Waals surface area contributed by atoms with Crippen molar-refractivity contribution in [2.45, 2.75) is 19.3 Å². The van der Waals surface area contributed by atoms with Crippen LogP contribution in [-0.2, 0) is 6.42 Å². The molecule has 1 aromatic carbocycles. The minimum absolute atomic E-state index is 0.0878. The fraction of sp³-hybridized carbons (Fsp3) is 0.231. The summed E-state index contributed by atoms with van der Waals surface area (Å²) >= 11 is 0. The average Bonchev–Trinajstić information content (AvgIpc) is 2.31. The molecular weight excluding hydrogens is 228 g/mol. The highest BCUT2D eigenvalue weighted by atomic mass is 16.1. The second-order valence-corrected chi connectivity index (χ2v) is 4.40. The second kappa shape index (κ2) is 4.91. The first-order valence-electron chi connectivity index (χ1n) is 5.76. The summed E-state index contributed by atoms with van der Waals surface area (Å²) in [6.45, 7) is 1.99. The second-order valence-electron chi connectivity index (χ2n) is 4.40. The molecule has 0 radical (unpaired) electrons. The van der Waals surface area contributed by atoms with E-state index >= 15 is 0 Å². The van der Waals surface area contributed by atoms with Gasteiger partial charge in [0.15, 0.2) is 0 Å². The van der Waals surface area contributed by atoms with Crippen LogP contribution in [0.5, 0.6) is 0 Å². The van der Waals surface area contributed by atoms with Crippen LogP contribution >= 0.6 is 0 Å². The molecule has 0 aliphatic rings. The third-order valence-corrected chi connectivity index (χ3v) is 2.77. The lowest BCUT2D eigenvalue weighted by molar-refractivity contribution is 0.695. The van der Waals surface area contributed by atoms with Crippen molar-refractivity contribution in [1.29, 1.82) is 0 Å². The van der Waals surface area contributed by atoms with E-state index in [9.17, 15) is 4.79 Å². The monoisotopic (exact) mass is 244 g/mol. The third kappa shape index (κ3) is 2.88. The van der Waals surface area contributed by atoms with Gasteiger partial charge in [0.25, 0.3) is 5.56 Å². The lowest BCUT2D eigenvalue weighted by Gasteiger charge is -2.11. The number of benzene rings is 1. The molecule has 5 heteroatoms.